The molecular weight excluding hydrogens is 244 g/mol. The summed E-state index contributed by atoms with van der Waals surface area (Å²) in [6, 6.07) is 8.66. The molecule has 0 unspecified atom stereocenters. The van der Waals surface area contributed by atoms with Crippen molar-refractivity contribution in [3.05, 3.63) is 52.4 Å². The van der Waals surface area contributed by atoms with Crippen molar-refractivity contribution in [2.24, 2.45) is 0 Å². The van der Waals surface area contributed by atoms with Crippen LogP contribution in [0.5, 0.6) is 11.5 Å². The lowest BCUT2D eigenvalue weighted by Crippen LogP contribution is -2.19. The number of nitrogens with zero attached hydrogens (tertiary/aromatic N) is 1. The molecule has 0 bridgehead atoms. The molecule has 5 nitrogen and oxygen atoms in total. The first-order chi connectivity index (χ1) is 9.13. The van der Waals surface area contributed by atoms with Gasteiger partial charge >= 0.3 is 0 Å². The van der Waals surface area contributed by atoms with Gasteiger partial charge in [-0.15, -0.1) is 0 Å². The molecule has 2 N–H and O–H groups in total. The third kappa shape index (κ3) is 2.88. The number of nitrogen functional groups attached to an aromatic ring is 1. The second-order valence-corrected chi connectivity index (χ2v) is 4.12. The zero-order valence-electron chi connectivity index (χ0n) is 10.9. The molecule has 0 fully saturated rings. The third-order valence-corrected chi connectivity index (χ3v) is 2.82. The van der Waals surface area contributed by atoms with E-state index >= 15 is 0 Å². The number of hydrogen-bond donors (Lipinski definition) is 1. The average molecular weight is 260 g/mol. The maximum atomic E-state index is 11.7. The van der Waals surface area contributed by atoms with E-state index in [2.05, 4.69) is 0 Å². The molecule has 1 aromatic heterocycles. The van der Waals surface area contributed by atoms with Gasteiger partial charge in [-0.3, -0.25) is 4.79 Å². The predicted molar refractivity (Wildman–Crippen MR) is 73.8 cm³/mol. The Hall–Kier alpha value is -2.43. The van der Waals surface area contributed by atoms with Crippen molar-refractivity contribution >= 4 is 5.69 Å². The Morgan fingerprint density at radius 3 is 2.47 bits per heavy atom. The molecule has 0 aliphatic heterocycles. The Bertz CT molecular complexity index is 635. The molecule has 0 spiro atoms. The Balaban J connectivity index is 2.30. The van der Waals surface area contributed by atoms with Crippen LogP contribution < -0.4 is 20.8 Å². The van der Waals surface area contributed by atoms with Crippen LogP contribution in [-0.2, 0) is 6.54 Å². The molecular formula is C14H16N2O3. The van der Waals surface area contributed by atoms with Crippen molar-refractivity contribution < 1.29 is 9.47 Å². The highest BCUT2D eigenvalue weighted by molar-refractivity contribution is 5.43. The van der Waals surface area contributed by atoms with E-state index in [-0.39, 0.29) is 5.56 Å². The molecule has 100 valence electrons. The van der Waals surface area contributed by atoms with E-state index in [1.807, 2.05) is 18.2 Å². The van der Waals surface area contributed by atoms with Gasteiger partial charge in [0.05, 0.1) is 20.8 Å². The molecule has 0 aliphatic carbocycles. The minimum absolute atomic E-state index is 0.130. The molecule has 0 amide bonds. The number of hydrogen-bond acceptors (Lipinski definition) is 4. The summed E-state index contributed by atoms with van der Waals surface area (Å²) in [6.45, 7) is 0.458. The van der Waals surface area contributed by atoms with Gasteiger partial charge < -0.3 is 19.8 Å². The van der Waals surface area contributed by atoms with E-state index in [1.165, 1.54) is 6.07 Å². The molecule has 0 saturated heterocycles. The SMILES string of the molecule is COc1ccc(Cn2ccc(N)cc2=O)cc1OC. The first kappa shape index (κ1) is 13.0. The van der Waals surface area contributed by atoms with Gasteiger partial charge in [0, 0.05) is 18.0 Å². The summed E-state index contributed by atoms with van der Waals surface area (Å²) in [4.78, 5) is 11.7. The molecule has 0 saturated carbocycles. The third-order valence-electron chi connectivity index (χ3n) is 2.82. The number of benzene rings is 1. The molecule has 0 radical (unpaired) electrons. The Labute approximate surface area is 111 Å². The summed E-state index contributed by atoms with van der Waals surface area (Å²) in [5, 5.41) is 0. The fraction of sp³-hybridized carbons (Fsp3) is 0.214. The number of aromatic nitrogens is 1. The summed E-state index contributed by atoms with van der Waals surface area (Å²) in [7, 11) is 3.17. The maximum absolute atomic E-state index is 11.7. The molecule has 1 heterocycles. The van der Waals surface area contributed by atoms with E-state index < -0.39 is 0 Å². The van der Waals surface area contributed by atoms with Crippen LogP contribution >= 0.6 is 0 Å². The van der Waals surface area contributed by atoms with Crippen molar-refractivity contribution in [2.75, 3.05) is 20.0 Å². The van der Waals surface area contributed by atoms with E-state index in [1.54, 1.807) is 31.0 Å². The van der Waals surface area contributed by atoms with Crippen molar-refractivity contribution in [3.8, 4) is 11.5 Å². The lowest BCUT2D eigenvalue weighted by molar-refractivity contribution is 0.354. The number of anilines is 1. The molecule has 1 aromatic carbocycles. The van der Waals surface area contributed by atoms with E-state index in [4.69, 9.17) is 15.2 Å². The average Bonchev–Trinajstić information content (AvgIpc) is 2.41. The van der Waals surface area contributed by atoms with Crippen LogP contribution in [0.4, 0.5) is 5.69 Å². The van der Waals surface area contributed by atoms with Gasteiger partial charge in [0.25, 0.3) is 5.56 Å². The molecule has 5 heteroatoms. The summed E-state index contributed by atoms with van der Waals surface area (Å²) in [5.74, 6) is 1.30. The maximum Gasteiger partial charge on any atom is 0.252 e. The molecule has 2 rings (SSSR count). The first-order valence-corrected chi connectivity index (χ1v) is 5.81. The number of nitrogens with two attached hydrogens (primary N) is 1. The molecule has 2 aromatic rings. The molecule has 0 aliphatic rings. The van der Waals surface area contributed by atoms with Crippen LogP contribution in [0.3, 0.4) is 0 Å². The Kier molecular flexibility index (Phi) is 3.75. The highest BCUT2D eigenvalue weighted by Gasteiger charge is 2.05. The quantitative estimate of drug-likeness (QED) is 0.904. The van der Waals surface area contributed by atoms with Crippen LogP contribution in [0.25, 0.3) is 0 Å². The number of methoxy groups -OCH3 is 2. The highest BCUT2D eigenvalue weighted by Crippen LogP contribution is 2.27. The lowest BCUT2D eigenvalue weighted by atomic mass is 10.2. The zero-order chi connectivity index (χ0) is 13.8. The van der Waals surface area contributed by atoms with Gasteiger partial charge in [0.2, 0.25) is 0 Å². The Morgan fingerprint density at radius 2 is 1.84 bits per heavy atom. The second-order valence-electron chi connectivity index (χ2n) is 4.12. The molecule has 0 atom stereocenters. The summed E-state index contributed by atoms with van der Waals surface area (Å²) in [5.41, 5.74) is 6.84. The van der Waals surface area contributed by atoms with E-state index in [9.17, 15) is 4.79 Å². The first-order valence-electron chi connectivity index (χ1n) is 5.81. The van der Waals surface area contributed by atoms with E-state index in [0.29, 0.717) is 23.7 Å². The number of pyridine rings is 1. The van der Waals surface area contributed by atoms with Crippen molar-refractivity contribution in [1.82, 2.24) is 4.57 Å². The normalized spacial score (nSPS) is 10.2. The largest absolute Gasteiger partial charge is 0.493 e. The fourth-order valence-corrected chi connectivity index (χ4v) is 1.83. The summed E-state index contributed by atoms with van der Waals surface area (Å²) in [6.07, 6.45) is 1.67. The topological polar surface area (TPSA) is 66.5 Å². The van der Waals surface area contributed by atoms with Crippen LogP contribution in [0.15, 0.2) is 41.3 Å². The van der Waals surface area contributed by atoms with Gasteiger partial charge in [-0.2, -0.15) is 0 Å². The van der Waals surface area contributed by atoms with E-state index in [0.717, 1.165) is 5.56 Å². The standard InChI is InChI=1S/C14H16N2O3/c1-18-12-4-3-10(7-13(12)19-2)9-16-6-5-11(15)8-14(16)17/h3-8H,9,15H2,1-2H3. The highest BCUT2D eigenvalue weighted by atomic mass is 16.5. The fourth-order valence-electron chi connectivity index (χ4n) is 1.83. The lowest BCUT2D eigenvalue weighted by Gasteiger charge is -2.10. The number of rotatable bonds is 4. The molecule has 19 heavy (non-hydrogen) atoms. The minimum atomic E-state index is -0.130. The predicted octanol–water partition coefficient (Wildman–Crippen LogP) is 1.50. The number of ether oxygens (including phenoxy) is 2. The van der Waals surface area contributed by atoms with Gasteiger partial charge in [-0.25, -0.2) is 0 Å². The minimum Gasteiger partial charge on any atom is -0.493 e. The van der Waals surface area contributed by atoms with Crippen molar-refractivity contribution in [3.63, 3.8) is 0 Å². The Morgan fingerprint density at radius 1 is 1.11 bits per heavy atom. The summed E-state index contributed by atoms with van der Waals surface area (Å²) < 4.78 is 12.0. The smallest absolute Gasteiger partial charge is 0.252 e. The van der Waals surface area contributed by atoms with Crippen LogP contribution in [0.2, 0.25) is 0 Å². The monoisotopic (exact) mass is 260 g/mol. The van der Waals surface area contributed by atoms with Gasteiger partial charge in [0.15, 0.2) is 11.5 Å². The van der Waals surface area contributed by atoms with Crippen LogP contribution in [0, 0.1) is 0 Å². The van der Waals surface area contributed by atoms with Crippen LogP contribution in [0.1, 0.15) is 5.56 Å². The summed E-state index contributed by atoms with van der Waals surface area (Å²) >= 11 is 0. The van der Waals surface area contributed by atoms with Gasteiger partial charge in [0.1, 0.15) is 0 Å². The van der Waals surface area contributed by atoms with Crippen LogP contribution in [-0.4, -0.2) is 18.8 Å². The second kappa shape index (κ2) is 5.48. The van der Waals surface area contributed by atoms with Crippen molar-refractivity contribution in [1.29, 1.82) is 0 Å². The van der Waals surface area contributed by atoms with Gasteiger partial charge in [-0.05, 0) is 23.8 Å². The van der Waals surface area contributed by atoms with Gasteiger partial charge in [-0.1, -0.05) is 6.07 Å². The zero-order valence-corrected chi connectivity index (χ0v) is 10.9. The van der Waals surface area contributed by atoms with Crippen molar-refractivity contribution in [2.45, 2.75) is 6.54 Å².